The summed E-state index contributed by atoms with van der Waals surface area (Å²) in [4.78, 5) is 0. The summed E-state index contributed by atoms with van der Waals surface area (Å²) in [7, 11) is 1.65. The van der Waals surface area contributed by atoms with E-state index in [4.69, 9.17) is 20.8 Å². The van der Waals surface area contributed by atoms with Gasteiger partial charge in [0.15, 0.2) is 0 Å². The quantitative estimate of drug-likeness (QED) is 0.876. The van der Waals surface area contributed by atoms with Crippen molar-refractivity contribution in [2.75, 3.05) is 7.11 Å². The van der Waals surface area contributed by atoms with Gasteiger partial charge in [0.05, 0.1) is 13.4 Å². The number of furan rings is 1. The first-order chi connectivity index (χ1) is 9.20. The van der Waals surface area contributed by atoms with E-state index in [0.29, 0.717) is 12.6 Å². The summed E-state index contributed by atoms with van der Waals surface area (Å²) >= 11 is 6.20. The molecular formula is C15H18ClNO2. The highest BCUT2D eigenvalue weighted by Gasteiger charge is 2.10. The van der Waals surface area contributed by atoms with Crippen LogP contribution in [0.25, 0.3) is 0 Å². The minimum atomic E-state index is 0.298. The van der Waals surface area contributed by atoms with Crippen molar-refractivity contribution in [3.63, 3.8) is 0 Å². The number of methoxy groups -OCH3 is 1. The van der Waals surface area contributed by atoms with Crippen LogP contribution in [0.1, 0.15) is 18.2 Å². The summed E-state index contributed by atoms with van der Waals surface area (Å²) in [6.45, 7) is 2.79. The number of halogens is 1. The van der Waals surface area contributed by atoms with Crippen molar-refractivity contribution in [1.82, 2.24) is 5.32 Å². The Morgan fingerprint density at radius 1 is 1.32 bits per heavy atom. The van der Waals surface area contributed by atoms with Crippen molar-refractivity contribution >= 4 is 11.6 Å². The van der Waals surface area contributed by atoms with Gasteiger partial charge in [-0.2, -0.15) is 0 Å². The fraction of sp³-hybridized carbons (Fsp3) is 0.333. The summed E-state index contributed by atoms with van der Waals surface area (Å²) in [6, 6.07) is 9.86. The summed E-state index contributed by atoms with van der Waals surface area (Å²) in [5, 5.41) is 4.15. The first-order valence-electron chi connectivity index (χ1n) is 6.28. The Kier molecular flexibility index (Phi) is 4.88. The maximum Gasteiger partial charge on any atom is 0.124 e. The molecule has 2 rings (SSSR count). The van der Waals surface area contributed by atoms with E-state index in [-0.39, 0.29) is 0 Å². The molecule has 0 aliphatic rings. The molecule has 2 aromatic rings. The highest BCUT2D eigenvalue weighted by atomic mass is 35.5. The predicted octanol–water partition coefficient (Wildman–Crippen LogP) is 3.66. The molecule has 1 unspecified atom stereocenters. The molecule has 0 aliphatic heterocycles. The smallest absolute Gasteiger partial charge is 0.124 e. The van der Waals surface area contributed by atoms with E-state index < -0.39 is 0 Å². The van der Waals surface area contributed by atoms with Gasteiger partial charge in [-0.05, 0) is 31.2 Å². The molecule has 1 aromatic heterocycles. The average molecular weight is 280 g/mol. The Balaban J connectivity index is 1.95. The first-order valence-corrected chi connectivity index (χ1v) is 6.65. The van der Waals surface area contributed by atoms with Crippen molar-refractivity contribution < 1.29 is 9.15 Å². The van der Waals surface area contributed by atoms with Gasteiger partial charge in [0.2, 0.25) is 0 Å². The van der Waals surface area contributed by atoms with Crippen LogP contribution in [0.5, 0.6) is 5.75 Å². The van der Waals surface area contributed by atoms with E-state index >= 15 is 0 Å². The van der Waals surface area contributed by atoms with Gasteiger partial charge in [0.1, 0.15) is 11.5 Å². The third kappa shape index (κ3) is 3.75. The van der Waals surface area contributed by atoms with E-state index in [2.05, 4.69) is 12.2 Å². The number of hydrogen-bond donors (Lipinski definition) is 1. The molecule has 4 heteroatoms. The minimum Gasteiger partial charge on any atom is -0.496 e. The summed E-state index contributed by atoms with van der Waals surface area (Å²) in [5.74, 6) is 1.79. The van der Waals surface area contributed by atoms with E-state index in [0.717, 1.165) is 28.5 Å². The van der Waals surface area contributed by atoms with Gasteiger partial charge < -0.3 is 14.5 Å². The molecule has 0 spiro atoms. The van der Waals surface area contributed by atoms with Crippen molar-refractivity contribution in [3.05, 3.63) is 52.9 Å². The maximum absolute atomic E-state index is 6.20. The molecular weight excluding hydrogens is 262 g/mol. The minimum absolute atomic E-state index is 0.298. The molecule has 0 radical (unpaired) electrons. The maximum atomic E-state index is 6.20. The predicted molar refractivity (Wildman–Crippen MR) is 76.7 cm³/mol. The largest absolute Gasteiger partial charge is 0.496 e. The van der Waals surface area contributed by atoms with Crippen molar-refractivity contribution in [1.29, 1.82) is 0 Å². The monoisotopic (exact) mass is 279 g/mol. The number of nitrogens with one attached hydrogen (secondary N) is 1. The lowest BCUT2D eigenvalue weighted by Gasteiger charge is -2.15. The van der Waals surface area contributed by atoms with E-state index in [9.17, 15) is 0 Å². The van der Waals surface area contributed by atoms with Gasteiger partial charge in [-0.1, -0.05) is 17.7 Å². The van der Waals surface area contributed by atoms with Crippen LogP contribution >= 0.6 is 11.6 Å². The summed E-state index contributed by atoms with van der Waals surface area (Å²) in [6.07, 6.45) is 2.54. The number of benzene rings is 1. The fourth-order valence-corrected chi connectivity index (χ4v) is 2.21. The lowest BCUT2D eigenvalue weighted by atomic mass is 10.1. The lowest BCUT2D eigenvalue weighted by Crippen LogP contribution is -2.27. The SMILES string of the molecule is COc1cccc(Cl)c1CNC(C)Cc1ccco1. The van der Waals surface area contributed by atoms with Gasteiger partial charge in [-0.15, -0.1) is 0 Å². The van der Waals surface area contributed by atoms with Crippen LogP contribution in [0.15, 0.2) is 41.0 Å². The van der Waals surface area contributed by atoms with Gasteiger partial charge in [0, 0.05) is 29.6 Å². The second kappa shape index (κ2) is 6.64. The Morgan fingerprint density at radius 2 is 2.16 bits per heavy atom. The van der Waals surface area contributed by atoms with Crippen molar-refractivity contribution in [3.8, 4) is 5.75 Å². The van der Waals surface area contributed by atoms with Crippen LogP contribution < -0.4 is 10.1 Å². The Hall–Kier alpha value is -1.45. The van der Waals surface area contributed by atoms with Crippen LogP contribution in [0.4, 0.5) is 0 Å². The molecule has 1 N–H and O–H groups in total. The van der Waals surface area contributed by atoms with Crippen LogP contribution in [0.3, 0.4) is 0 Å². The van der Waals surface area contributed by atoms with Gasteiger partial charge in [-0.3, -0.25) is 0 Å². The van der Waals surface area contributed by atoms with Crippen molar-refractivity contribution in [2.45, 2.75) is 25.9 Å². The molecule has 0 saturated heterocycles. The second-order valence-electron chi connectivity index (χ2n) is 4.49. The zero-order chi connectivity index (χ0) is 13.7. The fourth-order valence-electron chi connectivity index (χ4n) is 1.98. The number of ether oxygens (including phenoxy) is 1. The highest BCUT2D eigenvalue weighted by molar-refractivity contribution is 6.31. The molecule has 102 valence electrons. The topological polar surface area (TPSA) is 34.4 Å². The number of rotatable bonds is 6. The summed E-state index contributed by atoms with van der Waals surface area (Å²) in [5.41, 5.74) is 0.984. The summed E-state index contributed by atoms with van der Waals surface area (Å²) < 4.78 is 10.7. The number of hydrogen-bond acceptors (Lipinski definition) is 3. The third-order valence-electron chi connectivity index (χ3n) is 3.01. The van der Waals surface area contributed by atoms with Gasteiger partial charge in [0.25, 0.3) is 0 Å². The molecule has 1 aromatic carbocycles. The molecule has 19 heavy (non-hydrogen) atoms. The second-order valence-corrected chi connectivity index (χ2v) is 4.89. The van der Waals surface area contributed by atoms with Gasteiger partial charge >= 0.3 is 0 Å². The van der Waals surface area contributed by atoms with E-state index in [1.54, 1.807) is 13.4 Å². The molecule has 1 heterocycles. The molecule has 0 saturated carbocycles. The Bertz CT molecular complexity index is 511. The van der Waals surface area contributed by atoms with Gasteiger partial charge in [-0.25, -0.2) is 0 Å². The third-order valence-corrected chi connectivity index (χ3v) is 3.36. The van der Waals surface area contributed by atoms with E-state index in [1.165, 1.54) is 0 Å². The zero-order valence-electron chi connectivity index (χ0n) is 11.2. The standard InChI is InChI=1S/C15H18ClNO2/c1-11(9-12-5-4-8-19-12)17-10-13-14(16)6-3-7-15(13)18-2/h3-8,11,17H,9-10H2,1-2H3. The zero-order valence-corrected chi connectivity index (χ0v) is 11.9. The lowest BCUT2D eigenvalue weighted by molar-refractivity contribution is 0.403. The Morgan fingerprint density at radius 3 is 2.84 bits per heavy atom. The molecule has 0 amide bonds. The molecule has 0 fully saturated rings. The highest BCUT2D eigenvalue weighted by Crippen LogP contribution is 2.26. The molecule has 0 bridgehead atoms. The molecule has 0 aliphatic carbocycles. The molecule has 1 atom stereocenters. The van der Waals surface area contributed by atoms with Crippen LogP contribution in [-0.2, 0) is 13.0 Å². The molecule has 3 nitrogen and oxygen atoms in total. The average Bonchev–Trinajstić information content (AvgIpc) is 2.89. The van der Waals surface area contributed by atoms with Crippen molar-refractivity contribution in [2.24, 2.45) is 0 Å². The first kappa shape index (κ1) is 14.0. The Labute approximate surface area is 118 Å². The van der Waals surface area contributed by atoms with Crippen LogP contribution in [0.2, 0.25) is 5.02 Å². The van der Waals surface area contributed by atoms with E-state index in [1.807, 2.05) is 30.3 Å². The van der Waals surface area contributed by atoms with Crippen LogP contribution in [0, 0.1) is 0 Å². The normalized spacial score (nSPS) is 12.4. The van der Waals surface area contributed by atoms with Crippen LogP contribution in [-0.4, -0.2) is 13.2 Å².